The molecule has 2 N–H and O–H groups in total. The topological polar surface area (TPSA) is 52.1 Å². The summed E-state index contributed by atoms with van der Waals surface area (Å²) in [6.07, 6.45) is 1.76. The van der Waals surface area contributed by atoms with Crippen molar-refractivity contribution in [2.24, 2.45) is 0 Å². The molecule has 0 unspecified atom stereocenters. The third kappa shape index (κ3) is 2.55. The molecule has 0 bridgehead atoms. The summed E-state index contributed by atoms with van der Waals surface area (Å²) < 4.78 is 0. The lowest BCUT2D eigenvalue weighted by atomic mass is 10.3. The molecule has 4 nitrogen and oxygen atoms in total. The van der Waals surface area contributed by atoms with E-state index in [1.165, 1.54) is 5.06 Å². The summed E-state index contributed by atoms with van der Waals surface area (Å²) in [5.41, 5.74) is 2.08. The van der Waals surface area contributed by atoms with Gasteiger partial charge in [-0.2, -0.15) is 5.06 Å². The van der Waals surface area contributed by atoms with Gasteiger partial charge in [0, 0.05) is 20.0 Å². The molecule has 4 heteroatoms. The van der Waals surface area contributed by atoms with E-state index in [1.807, 2.05) is 24.3 Å². The minimum absolute atomic E-state index is 0.664. The van der Waals surface area contributed by atoms with Crippen LogP contribution in [0.4, 0.5) is 0 Å². The van der Waals surface area contributed by atoms with Crippen molar-refractivity contribution in [3.05, 3.63) is 30.1 Å². The zero-order chi connectivity index (χ0) is 10.7. The van der Waals surface area contributed by atoms with E-state index in [2.05, 4.69) is 9.97 Å². The van der Waals surface area contributed by atoms with Gasteiger partial charge in [0.25, 0.3) is 0 Å². The summed E-state index contributed by atoms with van der Waals surface area (Å²) in [7, 11) is 1.65. The monoisotopic (exact) mass is 205 g/mol. The van der Waals surface area contributed by atoms with Gasteiger partial charge in [0.1, 0.15) is 5.82 Å². The zero-order valence-electron chi connectivity index (χ0n) is 8.77. The third-order valence-electron chi connectivity index (χ3n) is 2.33. The first-order chi connectivity index (χ1) is 7.25. The van der Waals surface area contributed by atoms with Crippen LogP contribution in [0.25, 0.3) is 11.0 Å². The molecule has 1 aromatic heterocycles. The molecule has 80 valence electrons. The van der Waals surface area contributed by atoms with Crippen LogP contribution >= 0.6 is 0 Å². The number of nitrogens with zero attached hydrogens (tertiary/aromatic N) is 2. The van der Waals surface area contributed by atoms with Crippen LogP contribution in [0.1, 0.15) is 12.2 Å². The molecule has 2 aromatic rings. The quantitative estimate of drug-likeness (QED) is 0.748. The predicted molar refractivity (Wildman–Crippen MR) is 58.8 cm³/mol. The Morgan fingerprint density at radius 3 is 2.93 bits per heavy atom. The van der Waals surface area contributed by atoms with Crippen LogP contribution in [0.2, 0.25) is 0 Å². The average Bonchev–Trinajstić information content (AvgIpc) is 2.59. The molecule has 15 heavy (non-hydrogen) atoms. The summed E-state index contributed by atoms with van der Waals surface area (Å²) in [6.45, 7) is 0.664. The molecule has 0 amide bonds. The van der Waals surface area contributed by atoms with E-state index in [9.17, 15) is 0 Å². The number of benzene rings is 1. The van der Waals surface area contributed by atoms with E-state index in [-0.39, 0.29) is 0 Å². The van der Waals surface area contributed by atoms with Crippen LogP contribution in [-0.2, 0) is 6.42 Å². The number of nitrogens with one attached hydrogen (secondary N) is 1. The fraction of sp³-hybridized carbons (Fsp3) is 0.364. The Morgan fingerprint density at radius 2 is 2.20 bits per heavy atom. The first-order valence-electron chi connectivity index (χ1n) is 5.09. The summed E-state index contributed by atoms with van der Waals surface area (Å²) in [4.78, 5) is 7.71. The number of aromatic amines is 1. The SMILES string of the molecule is CN(O)CCCc1nc2ccccc2[nH]1. The number of H-pyrrole nitrogens is 1. The Hall–Kier alpha value is -1.39. The van der Waals surface area contributed by atoms with Gasteiger partial charge in [0.2, 0.25) is 0 Å². The molecular weight excluding hydrogens is 190 g/mol. The normalized spacial score (nSPS) is 11.4. The molecule has 0 saturated carbocycles. The van der Waals surface area contributed by atoms with Crippen LogP contribution in [-0.4, -0.2) is 33.8 Å². The lowest BCUT2D eigenvalue weighted by Crippen LogP contribution is -2.14. The minimum atomic E-state index is 0.664. The van der Waals surface area contributed by atoms with Crippen molar-refractivity contribution >= 4 is 11.0 Å². The average molecular weight is 205 g/mol. The Labute approximate surface area is 88.5 Å². The fourth-order valence-electron chi connectivity index (χ4n) is 1.60. The molecule has 0 saturated heterocycles. The first kappa shape index (κ1) is 10.1. The Balaban J connectivity index is 2.03. The lowest BCUT2D eigenvalue weighted by molar-refractivity contribution is -0.0651. The molecule has 2 rings (SSSR count). The van der Waals surface area contributed by atoms with Gasteiger partial charge >= 0.3 is 0 Å². The molecule has 1 heterocycles. The van der Waals surface area contributed by atoms with Gasteiger partial charge < -0.3 is 10.2 Å². The van der Waals surface area contributed by atoms with Crippen molar-refractivity contribution in [1.29, 1.82) is 0 Å². The number of fused-ring (bicyclic) bond motifs is 1. The van der Waals surface area contributed by atoms with Crippen LogP contribution < -0.4 is 0 Å². The molecule has 0 fully saturated rings. The summed E-state index contributed by atoms with van der Waals surface area (Å²) in [5, 5.41) is 10.2. The molecular formula is C11H15N3O. The van der Waals surface area contributed by atoms with Crippen LogP contribution in [0.15, 0.2) is 24.3 Å². The maximum absolute atomic E-state index is 8.97. The van der Waals surface area contributed by atoms with E-state index in [1.54, 1.807) is 7.05 Å². The molecule has 0 atom stereocenters. The van der Waals surface area contributed by atoms with Crippen molar-refractivity contribution in [3.63, 3.8) is 0 Å². The number of aryl methyl sites for hydroxylation is 1. The second-order valence-electron chi connectivity index (χ2n) is 3.69. The maximum atomic E-state index is 8.97. The Morgan fingerprint density at radius 1 is 1.40 bits per heavy atom. The molecule has 0 spiro atoms. The number of hydrogen-bond donors (Lipinski definition) is 2. The van der Waals surface area contributed by atoms with Crippen molar-refractivity contribution in [1.82, 2.24) is 15.0 Å². The number of hydrogen-bond acceptors (Lipinski definition) is 3. The molecule has 0 aliphatic carbocycles. The molecule has 0 aliphatic heterocycles. The highest BCUT2D eigenvalue weighted by Crippen LogP contribution is 2.11. The number of imidazole rings is 1. The highest BCUT2D eigenvalue weighted by atomic mass is 16.5. The zero-order valence-corrected chi connectivity index (χ0v) is 8.77. The van der Waals surface area contributed by atoms with E-state index in [0.717, 1.165) is 29.7 Å². The highest BCUT2D eigenvalue weighted by Gasteiger charge is 2.01. The smallest absolute Gasteiger partial charge is 0.107 e. The standard InChI is InChI=1S/C11H15N3O/c1-14(15)8-4-7-11-12-9-5-2-3-6-10(9)13-11/h2-3,5-6,15H,4,7-8H2,1H3,(H,12,13). The second-order valence-corrected chi connectivity index (χ2v) is 3.69. The predicted octanol–water partition coefficient (Wildman–Crippen LogP) is 1.82. The molecule has 0 radical (unpaired) electrons. The molecule has 0 aliphatic rings. The lowest BCUT2D eigenvalue weighted by Gasteiger charge is -2.05. The third-order valence-corrected chi connectivity index (χ3v) is 2.33. The summed E-state index contributed by atoms with van der Waals surface area (Å²) >= 11 is 0. The first-order valence-corrected chi connectivity index (χ1v) is 5.09. The van der Waals surface area contributed by atoms with Gasteiger partial charge in [-0.1, -0.05) is 12.1 Å². The van der Waals surface area contributed by atoms with Crippen molar-refractivity contribution < 1.29 is 5.21 Å². The van der Waals surface area contributed by atoms with Gasteiger partial charge in [-0.3, -0.25) is 0 Å². The van der Waals surface area contributed by atoms with Gasteiger partial charge in [-0.15, -0.1) is 0 Å². The van der Waals surface area contributed by atoms with Crippen molar-refractivity contribution in [2.75, 3.05) is 13.6 Å². The summed E-state index contributed by atoms with van der Waals surface area (Å²) in [5.74, 6) is 0.984. The van der Waals surface area contributed by atoms with Gasteiger partial charge in [-0.25, -0.2) is 4.98 Å². The highest BCUT2D eigenvalue weighted by molar-refractivity contribution is 5.74. The van der Waals surface area contributed by atoms with Crippen molar-refractivity contribution in [3.8, 4) is 0 Å². The molecule has 1 aromatic carbocycles. The number of aromatic nitrogens is 2. The summed E-state index contributed by atoms with van der Waals surface area (Å²) in [6, 6.07) is 7.98. The fourth-order valence-corrected chi connectivity index (χ4v) is 1.60. The van der Waals surface area contributed by atoms with E-state index in [4.69, 9.17) is 5.21 Å². The van der Waals surface area contributed by atoms with Gasteiger partial charge in [-0.05, 0) is 18.6 Å². The second kappa shape index (κ2) is 4.42. The van der Waals surface area contributed by atoms with E-state index >= 15 is 0 Å². The number of hydroxylamine groups is 2. The van der Waals surface area contributed by atoms with Crippen molar-refractivity contribution in [2.45, 2.75) is 12.8 Å². The van der Waals surface area contributed by atoms with E-state index in [0.29, 0.717) is 6.54 Å². The Kier molecular flexibility index (Phi) is 2.99. The van der Waals surface area contributed by atoms with Gasteiger partial charge in [0.15, 0.2) is 0 Å². The minimum Gasteiger partial charge on any atom is -0.342 e. The maximum Gasteiger partial charge on any atom is 0.107 e. The van der Waals surface area contributed by atoms with E-state index < -0.39 is 0 Å². The van der Waals surface area contributed by atoms with Crippen LogP contribution in [0, 0.1) is 0 Å². The number of rotatable bonds is 4. The van der Waals surface area contributed by atoms with Crippen LogP contribution in [0.3, 0.4) is 0 Å². The largest absolute Gasteiger partial charge is 0.342 e. The van der Waals surface area contributed by atoms with Gasteiger partial charge in [0.05, 0.1) is 11.0 Å². The number of para-hydroxylation sites is 2. The Bertz CT molecular complexity index is 403. The van der Waals surface area contributed by atoms with Crippen LogP contribution in [0.5, 0.6) is 0 Å².